The molecule has 0 aromatic rings. The number of hydrogen-bond acceptors (Lipinski definition) is 0. The summed E-state index contributed by atoms with van der Waals surface area (Å²) < 4.78 is 0. The Balaban J connectivity index is 3.36. The summed E-state index contributed by atoms with van der Waals surface area (Å²) in [4.78, 5) is 0. The van der Waals surface area contributed by atoms with Crippen LogP contribution in [0.4, 0.5) is 0 Å². The maximum atomic E-state index is 5.90. The lowest BCUT2D eigenvalue weighted by Gasteiger charge is -2.16. The summed E-state index contributed by atoms with van der Waals surface area (Å²) in [5, 5.41) is 0.346. The van der Waals surface area contributed by atoms with Crippen LogP contribution in [-0.2, 0) is 0 Å². The van der Waals surface area contributed by atoms with Crippen molar-refractivity contribution in [1.29, 1.82) is 0 Å². The standard InChI is InChI=1S/C15H27Cl/c1-5-12-15(3,4)13-10-8-6-7-9-11-14(2)16/h14H,6-11,13H2,1-4H3. The second kappa shape index (κ2) is 8.94. The number of alkyl halides is 1. The molecule has 0 spiro atoms. The average molecular weight is 243 g/mol. The van der Waals surface area contributed by atoms with Gasteiger partial charge in [-0.2, -0.15) is 0 Å². The van der Waals surface area contributed by atoms with Gasteiger partial charge in [-0.05, 0) is 40.5 Å². The molecule has 0 amide bonds. The van der Waals surface area contributed by atoms with Crippen LogP contribution in [0.3, 0.4) is 0 Å². The van der Waals surface area contributed by atoms with Gasteiger partial charge in [0.2, 0.25) is 0 Å². The third kappa shape index (κ3) is 10.4. The van der Waals surface area contributed by atoms with Crippen molar-refractivity contribution in [3.05, 3.63) is 0 Å². The van der Waals surface area contributed by atoms with Crippen LogP contribution < -0.4 is 0 Å². The van der Waals surface area contributed by atoms with E-state index in [1.807, 2.05) is 6.92 Å². The molecule has 0 saturated carbocycles. The summed E-state index contributed by atoms with van der Waals surface area (Å²) in [6, 6.07) is 0. The van der Waals surface area contributed by atoms with E-state index in [0.29, 0.717) is 5.38 Å². The van der Waals surface area contributed by atoms with E-state index in [-0.39, 0.29) is 5.41 Å². The van der Waals surface area contributed by atoms with Gasteiger partial charge in [0.15, 0.2) is 0 Å². The number of unbranched alkanes of at least 4 members (excludes halogenated alkanes) is 4. The minimum atomic E-state index is 0.208. The quantitative estimate of drug-likeness (QED) is 0.304. The molecule has 0 rings (SSSR count). The maximum Gasteiger partial charge on any atom is 0.0307 e. The highest BCUT2D eigenvalue weighted by atomic mass is 35.5. The molecule has 0 aliphatic carbocycles. The van der Waals surface area contributed by atoms with Crippen molar-refractivity contribution in [2.45, 2.75) is 78.0 Å². The van der Waals surface area contributed by atoms with Crippen molar-refractivity contribution < 1.29 is 0 Å². The Morgan fingerprint density at radius 2 is 1.62 bits per heavy atom. The molecule has 0 bridgehead atoms. The van der Waals surface area contributed by atoms with Gasteiger partial charge in [-0.1, -0.05) is 38.0 Å². The Morgan fingerprint density at radius 3 is 2.19 bits per heavy atom. The molecule has 0 aromatic heterocycles. The zero-order chi connectivity index (χ0) is 12.4. The summed E-state index contributed by atoms with van der Waals surface area (Å²) in [5.74, 6) is 6.29. The van der Waals surface area contributed by atoms with Crippen molar-refractivity contribution in [3.63, 3.8) is 0 Å². The fraction of sp³-hybridized carbons (Fsp3) is 0.867. The van der Waals surface area contributed by atoms with Crippen LogP contribution in [0.15, 0.2) is 0 Å². The third-order valence-electron chi connectivity index (χ3n) is 2.87. The van der Waals surface area contributed by atoms with Gasteiger partial charge in [0.25, 0.3) is 0 Å². The number of hydrogen-bond donors (Lipinski definition) is 0. The van der Waals surface area contributed by atoms with Gasteiger partial charge in [-0.25, -0.2) is 0 Å². The van der Waals surface area contributed by atoms with Crippen molar-refractivity contribution in [2.75, 3.05) is 0 Å². The Morgan fingerprint density at radius 1 is 1.06 bits per heavy atom. The normalized spacial score (nSPS) is 13.1. The maximum absolute atomic E-state index is 5.90. The van der Waals surface area contributed by atoms with Crippen molar-refractivity contribution in [2.24, 2.45) is 5.41 Å². The predicted octanol–water partition coefficient (Wildman–Crippen LogP) is 5.39. The first-order valence-corrected chi connectivity index (χ1v) is 6.99. The lowest BCUT2D eigenvalue weighted by atomic mass is 9.87. The first-order valence-electron chi connectivity index (χ1n) is 6.56. The smallest absolute Gasteiger partial charge is 0.0307 e. The molecule has 16 heavy (non-hydrogen) atoms. The van der Waals surface area contributed by atoms with Crippen molar-refractivity contribution in [1.82, 2.24) is 0 Å². The highest BCUT2D eigenvalue weighted by molar-refractivity contribution is 6.20. The minimum absolute atomic E-state index is 0.208. The van der Waals surface area contributed by atoms with Gasteiger partial charge in [-0.3, -0.25) is 0 Å². The minimum Gasteiger partial charge on any atom is -0.123 e. The molecule has 0 aromatic carbocycles. The predicted molar refractivity (Wildman–Crippen MR) is 74.9 cm³/mol. The Bertz CT molecular complexity index is 217. The van der Waals surface area contributed by atoms with E-state index in [2.05, 4.69) is 32.6 Å². The summed E-state index contributed by atoms with van der Waals surface area (Å²) in [5.41, 5.74) is 0.208. The van der Waals surface area contributed by atoms with E-state index >= 15 is 0 Å². The molecular formula is C15H27Cl. The monoisotopic (exact) mass is 242 g/mol. The third-order valence-corrected chi connectivity index (χ3v) is 3.09. The van der Waals surface area contributed by atoms with Gasteiger partial charge in [-0.15, -0.1) is 17.5 Å². The highest BCUT2D eigenvalue weighted by Gasteiger charge is 2.12. The zero-order valence-corrected chi connectivity index (χ0v) is 12.2. The first kappa shape index (κ1) is 15.9. The SMILES string of the molecule is CC#CC(C)(C)CCCCCCCC(C)Cl. The summed E-state index contributed by atoms with van der Waals surface area (Å²) in [6.45, 7) is 8.47. The van der Waals surface area contributed by atoms with Gasteiger partial charge in [0, 0.05) is 10.8 Å². The Hall–Kier alpha value is -0.150. The van der Waals surface area contributed by atoms with Crippen LogP contribution in [0.1, 0.15) is 72.6 Å². The second-order valence-electron chi connectivity index (χ2n) is 5.35. The molecule has 1 atom stereocenters. The molecular weight excluding hydrogens is 216 g/mol. The van der Waals surface area contributed by atoms with E-state index in [1.54, 1.807) is 0 Å². The molecule has 0 heterocycles. The van der Waals surface area contributed by atoms with Crippen LogP contribution in [0.5, 0.6) is 0 Å². The number of halogens is 1. The van der Waals surface area contributed by atoms with E-state index in [9.17, 15) is 0 Å². The molecule has 0 fully saturated rings. The first-order chi connectivity index (χ1) is 7.48. The molecule has 1 unspecified atom stereocenters. The summed E-state index contributed by atoms with van der Waals surface area (Å²) in [6.07, 6.45) is 8.98. The van der Waals surface area contributed by atoms with Crippen LogP contribution in [0.2, 0.25) is 0 Å². The Kier molecular flexibility index (Phi) is 8.86. The van der Waals surface area contributed by atoms with E-state index in [4.69, 9.17) is 11.6 Å². The molecule has 0 radical (unpaired) electrons. The van der Waals surface area contributed by atoms with Crippen molar-refractivity contribution in [3.8, 4) is 11.8 Å². The highest BCUT2D eigenvalue weighted by Crippen LogP contribution is 2.23. The molecule has 94 valence electrons. The fourth-order valence-electron chi connectivity index (χ4n) is 1.92. The summed E-state index contributed by atoms with van der Waals surface area (Å²) in [7, 11) is 0. The fourth-order valence-corrected chi connectivity index (χ4v) is 2.08. The second-order valence-corrected chi connectivity index (χ2v) is 6.09. The topological polar surface area (TPSA) is 0 Å². The summed E-state index contributed by atoms with van der Waals surface area (Å²) >= 11 is 5.90. The molecule has 0 saturated heterocycles. The lowest BCUT2D eigenvalue weighted by molar-refractivity contribution is 0.424. The van der Waals surface area contributed by atoms with Gasteiger partial charge < -0.3 is 0 Å². The van der Waals surface area contributed by atoms with E-state index in [0.717, 1.165) is 6.42 Å². The van der Waals surface area contributed by atoms with Crippen LogP contribution in [0.25, 0.3) is 0 Å². The molecule has 1 heteroatoms. The van der Waals surface area contributed by atoms with Gasteiger partial charge in [0.1, 0.15) is 0 Å². The van der Waals surface area contributed by atoms with E-state index < -0.39 is 0 Å². The van der Waals surface area contributed by atoms with Gasteiger partial charge in [0.05, 0.1) is 0 Å². The van der Waals surface area contributed by atoms with Gasteiger partial charge >= 0.3 is 0 Å². The lowest BCUT2D eigenvalue weighted by Crippen LogP contribution is -2.07. The van der Waals surface area contributed by atoms with E-state index in [1.165, 1.54) is 38.5 Å². The molecule has 0 aliphatic rings. The average Bonchev–Trinajstić information content (AvgIpc) is 2.15. The zero-order valence-electron chi connectivity index (χ0n) is 11.4. The van der Waals surface area contributed by atoms with Crippen molar-refractivity contribution >= 4 is 11.6 Å². The van der Waals surface area contributed by atoms with Crippen LogP contribution in [0, 0.1) is 17.3 Å². The Labute approximate surface area is 107 Å². The molecule has 0 nitrogen and oxygen atoms in total. The molecule has 0 N–H and O–H groups in total. The van der Waals surface area contributed by atoms with Crippen LogP contribution >= 0.6 is 11.6 Å². The number of rotatable bonds is 8. The molecule has 0 aliphatic heterocycles. The van der Waals surface area contributed by atoms with Crippen LogP contribution in [-0.4, -0.2) is 5.38 Å². The largest absolute Gasteiger partial charge is 0.123 e.